The van der Waals surface area contributed by atoms with Gasteiger partial charge in [0.25, 0.3) is 0 Å². The fourth-order valence-electron chi connectivity index (χ4n) is 1.83. The molecular weight excluding hydrogens is 220 g/mol. The summed E-state index contributed by atoms with van der Waals surface area (Å²) in [6.45, 7) is 1.21. The van der Waals surface area contributed by atoms with Gasteiger partial charge < -0.3 is 15.7 Å². The Hall–Kier alpha value is -1.88. The van der Waals surface area contributed by atoms with E-state index in [-0.39, 0.29) is 17.5 Å². The maximum Gasteiger partial charge on any atom is 0.335 e. The van der Waals surface area contributed by atoms with E-state index in [4.69, 9.17) is 5.11 Å². The summed E-state index contributed by atoms with van der Waals surface area (Å²) in [5, 5.41) is 14.8. The van der Waals surface area contributed by atoms with Crippen LogP contribution in [0, 0.1) is 0 Å². The number of nitrogens with one attached hydrogen (secondary N) is 2. The molecule has 1 aliphatic heterocycles. The SMILES string of the molecule is O=C1CC(NCc2cccc(C(=O)O)c2)CN1. The van der Waals surface area contributed by atoms with Crippen molar-refractivity contribution >= 4 is 11.9 Å². The second kappa shape index (κ2) is 4.97. The molecule has 1 aliphatic rings. The first-order valence-electron chi connectivity index (χ1n) is 5.47. The summed E-state index contributed by atoms with van der Waals surface area (Å²) in [6, 6.07) is 6.92. The van der Waals surface area contributed by atoms with Gasteiger partial charge in [-0.15, -0.1) is 0 Å². The van der Waals surface area contributed by atoms with Crippen LogP contribution >= 0.6 is 0 Å². The predicted molar refractivity (Wildman–Crippen MR) is 61.7 cm³/mol. The number of hydrogen-bond acceptors (Lipinski definition) is 3. The number of hydrogen-bond donors (Lipinski definition) is 3. The van der Waals surface area contributed by atoms with Crippen molar-refractivity contribution in [2.75, 3.05) is 6.54 Å². The third kappa shape index (κ3) is 3.04. The lowest BCUT2D eigenvalue weighted by molar-refractivity contribution is -0.119. The van der Waals surface area contributed by atoms with E-state index in [0.29, 0.717) is 19.5 Å². The van der Waals surface area contributed by atoms with Crippen molar-refractivity contribution in [1.29, 1.82) is 0 Å². The molecule has 1 heterocycles. The van der Waals surface area contributed by atoms with E-state index in [1.807, 2.05) is 6.07 Å². The van der Waals surface area contributed by atoms with Crippen molar-refractivity contribution in [3.63, 3.8) is 0 Å². The fourth-order valence-corrected chi connectivity index (χ4v) is 1.83. The molecule has 1 unspecified atom stereocenters. The van der Waals surface area contributed by atoms with Crippen LogP contribution in [-0.2, 0) is 11.3 Å². The molecule has 1 atom stereocenters. The molecule has 3 N–H and O–H groups in total. The van der Waals surface area contributed by atoms with Crippen molar-refractivity contribution < 1.29 is 14.7 Å². The van der Waals surface area contributed by atoms with Gasteiger partial charge in [0.15, 0.2) is 0 Å². The Morgan fingerprint density at radius 3 is 3.00 bits per heavy atom. The quantitative estimate of drug-likeness (QED) is 0.703. The number of amides is 1. The summed E-state index contributed by atoms with van der Waals surface area (Å²) in [4.78, 5) is 21.8. The molecule has 1 aromatic rings. The first kappa shape index (κ1) is 11.6. The maximum atomic E-state index is 11.0. The van der Waals surface area contributed by atoms with Crippen LogP contribution in [0.1, 0.15) is 22.3 Å². The molecule has 2 rings (SSSR count). The lowest BCUT2D eigenvalue weighted by Gasteiger charge is -2.10. The third-order valence-electron chi connectivity index (χ3n) is 2.75. The highest BCUT2D eigenvalue weighted by Gasteiger charge is 2.20. The third-order valence-corrected chi connectivity index (χ3v) is 2.75. The Morgan fingerprint density at radius 2 is 2.35 bits per heavy atom. The summed E-state index contributed by atoms with van der Waals surface area (Å²) in [7, 11) is 0. The van der Waals surface area contributed by atoms with Crippen LogP contribution < -0.4 is 10.6 Å². The number of aromatic carboxylic acids is 1. The molecular formula is C12H14N2O3. The number of carbonyl (C=O) groups is 2. The molecule has 0 bridgehead atoms. The van der Waals surface area contributed by atoms with Crippen LogP contribution in [0.5, 0.6) is 0 Å². The Balaban J connectivity index is 1.92. The molecule has 5 nitrogen and oxygen atoms in total. The summed E-state index contributed by atoms with van der Waals surface area (Å²) in [5.74, 6) is -0.869. The molecule has 17 heavy (non-hydrogen) atoms. The lowest BCUT2D eigenvalue weighted by Crippen LogP contribution is -2.30. The van der Waals surface area contributed by atoms with Crippen LogP contribution in [0.2, 0.25) is 0 Å². The zero-order chi connectivity index (χ0) is 12.3. The highest BCUT2D eigenvalue weighted by molar-refractivity contribution is 5.87. The minimum absolute atomic E-state index is 0.0572. The van der Waals surface area contributed by atoms with E-state index < -0.39 is 5.97 Å². The Kier molecular flexibility index (Phi) is 3.39. The number of rotatable bonds is 4. The molecule has 0 radical (unpaired) electrons. The summed E-state index contributed by atoms with van der Waals surface area (Å²) in [6.07, 6.45) is 0.485. The van der Waals surface area contributed by atoms with Gasteiger partial charge in [-0.3, -0.25) is 4.79 Å². The monoisotopic (exact) mass is 234 g/mol. The highest BCUT2D eigenvalue weighted by atomic mass is 16.4. The zero-order valence-electron chi connectivity index (χ0n) is 9.27. The van der Waals surface area contributed by atoms with E-state index >= 15 is 0 Å². The molecule has 5 heteroatoms. The Bertz CT molecular complexity index is 445. The number of carboxylic acids is 1. The average Bonchev–Trinajstić information content (AvgIpc) is 2.73. The van der Waals surface area contributed by atoms with E-state index in [2.05, 4.69) is 10.6 Å². The lowest BCUT2D eigenvalue weighted by atomic mass is 10.1. The van der Waals surface area contributed by atoms with Crippen LogP contribution in [0.25, 0.3) is 0 Å². The van der Waals surface area contributed by atoms with Gasteiger partial charge in [0.2, 0.25) is 5.91 Å². The van der Waals surface area contributed by atoms with Gasteiger partial charge in [-0.1, -0.05) is 12.1 Å². The minimum atomic E-state index is -0.926. The average molecular weight is 234 g/mol. The normalized spacial score (nSPS) is 19.1. The van der Waals surface area contributed by atoms with E-state index in [9.17, 15) is 9.59 Å². The van der Waals surface area contributed by atoms with E-state index in [0.717, 1.165) is 5.56 Å². The van der Waals surface area contributed by atoms with Gasteiger partial charge >= 0.3 is 5.97 Å². The topological polar surface area (TPSA) is 78.4 Å². The second-order valence-corrected chi connectivity index (χ2v) is 4.09. The Morgan fingerprint density at radius 1 is 1.53 bits per heavy atom. The van der Waals surface area contributed by atoms with Crippen LogP contribution in [-0.4, -0.2) is 29.6 Å². The molecule has 0 spiro atoms. The highest BCUT2D eigenvalue weighted by Crippen LogP contribution is 2.07. The zero-order valence-corrected chi connectivity index (χ0v) is 9.27. The number of carboxylic acid groups (broad SMARTS) is 1. The number of benzene rings is 1. The summed E-state index contributed by atoms with van der Waals surface area (Å²) in [5.41, 5.74) is 1.19. The van der Waals surface area contributed by atoms with Crippen molar-refractivity contribution in [1.82, 2.24) is 10.6 Å². The summed E-state index contributed by atoms with van der Waals surface area (Å²) < 4.78 is 0. The molecule has 90 valence electrons. The standard InChI is InChI=1S/C12H14N2O3/c15-11-5-10(7-14-11)13-6-8-2-1-3-9(4-8)12(16)17/h1-4,10,13H,5-7H2,(H,14,15)(H,16,17). The van der Waals surface area contributed by atoms with Crippen LogP contribution in [0.15, 0.2) is 24.3 Å². The van der Waals surface area contributed by atoms with Gasteiger partial charge in [-0.05, 0) is 17.7 Å². The fraction of sp³-hybridized carbons (Fsp3) is 0.333. The van der Waals surface area contributed by atoms with E-state index in [1.165, 1.54) is 0 Å². The van der Waals surface area contributed by atoms with Gasteiger partial charge in [-0.25, -0.2) is 4.79 Å². The van der Waals surface area contributed by atoms with Gasteiger partial charge in [0.1, 0.15) is 0 Å². The second-order valence-electron chi connectivity index (χ2n) is 4.09. The molecule has 0 aromatic heterocycles. The Labute approximate surface area is 98.8 Å². The van der Waals surface area contributed by atoms with Crippen molar-refractivity contribution in [2.24, 2.45) is 0 Å². The van der Waals surface area contributed by atoms with Crippen LogP contribution in [0.4, 0.5) is 0 Å². The molecule has 1 fully saturated rings. The van der Waals surface area contributed by atoms with Gasteiger partial charge in [0.05, 0.1) is 5.56 Å². The van der Waals surface area contributed by atoms with Crippen molar-refractivity contribution in [3.05, 3.63) is 35.4 Å². The molecule has 0 aliphatic carbocycles. The first-order valence-corrected chi connectivity index (χ1v) is 5.47. The first-order chi connectivity index (χ1) is 8.15. The smallest absolute Gasteiger partial charge is 0.335 e. The van der Waals surface area contributed by atoms with E-state index in [1.54, 1.807) is 18.2 Å². The number of carbonyl (C=O) groups excluding carboxylic acids is 1. The minimum Gasteiger partial charge on any atom is -0.478 e. The molecule has 1 saturated heterocycles. The molecule has 1 amide bonds. The molecule has 1 aromatic carbocycles. The van der Waals surface area contributed by atoms with Gasteiger partial charge in [0, 0.05) is 25.6 Å². The maximum absolute atomic E-state index is 11.0. The van der Waals surface area contributed by atoms with Crippen LogP contribution in [0.3, 0.4) is 0 Å². The largest absolute Gasteiger partial charge is 0.478 e. The predicted octanol–water partition coefficient (Wildman–Crippen LogP) is 0.363. The summed E-state index contributed by atoms with van der Waals surface area (Å²) >= 11 is 0. The van der Waals surface area contributed by atoms with Crippen molar-refractivity contribution in [3.8, 4) is 0 Å². The van der Waals surface area contributed by atoms with Gasteiger partial charge in [-0.2, -0.15) is 0 Å². The van der Waals surface area contributed by atoms with Crippen molar-refractivity contribution in [2.45, 2.75) is 19.0 Å². The molecule has 0 saturated carbocycles.